The lowest BCUT2D eigenvalue weighted by atomic mass is 10.00. The zero-order valence-corrected chi connectivity index (χ0v) is 16.4. The number of aromatic carboxylic acids is 1. The minimum atomic E-state index is -0.933. The predicted octanol–water partition coefficient (Wildman–Crippen LogP) is 3.42. The number of likely N-dealkylation sites (tertiary alicyclic amines) is 1. The van der Waals surface area contributed by atoms with Gasteiger partial charge in [0.1, 0.15) is 4.88 Å². The number of carboxylic acids is 1. The fourth-order valence-electron chi connectivity index (χ4n) is 2.85. The van der Waals surface area contributed by atoms with Gasteiger partial charge in [-0.3, -0.25) is 4.79 Å². The lowest BCUT2D eigenvalue weighted by Crippen LogP contribution is -2.32. The van der Waals surface area contributed by atoms with E-state index >= 15 is 0 Å². The van der Waals surface area contributed by atoms with Gasteiger partial charge in [0, 0.05) is 24.3 Å². The number of carboxylic acid groups (broad SMARTS) is 1. The first-order chi connectivity index (χ1) is 12.9. The summed E-state index contributed by atoms with van der Waals surface area (Å²) in [6, 6.07) is 3.30. The number of thiophene rings is 1. The molecule has 2 N–H and O–H groups in total. The molecule has 0 radical (unpaired) electrons. The van der Waals surface area contributed by atoms with E-state index in [1.807, 2.05) is 25.2 Å². The number of carbonyl (C=O) groups excluding carboxylic acids is 1. The van der Waals surface area contributed by atoms with E-state index in [9.17, 15) is 14.7 Å². The van der Waals surface area contributed by atoms with Crippen LogP contribution in [0.4, 0.5) is 0 Å². The number of hydrogen-bond acceptors (Lipinski definition) is 4. The molecule has 0 spiro atoms. The van der Waals surface area contributed by atoms with Crippen LogP contribution < -0.4 is 0 Å². The van der Waals surface area contributed by atoms with Crippen molar-refractivity contribution in [3.05, 3.63) is 40.1 Å². The zero-order chi connectivity index (χ0) is 19.8. The normalized spacial score (nSPS) is 19.4. The third kappa shape index (κ3) is 6.09. The van der Waals surface area contributed by atoms with Crippen molar-refractivity contribution in [2.45, 2.75) is 45.3 Å². The zero-order valence-electron chi connectivity index (χ0n) is 15.6. The van der Waals surface area contributed by atoms with Gasteiger partial charge in [0.05, 0.1) is 12.1 Å². The molecular weight excluding hydrogens is 362 g/mol. The summed E-state index contributed by atoms with van der Waals surface area (Å²) in [5.74, 6) is 5.00. The van der Waals surface area contributed by atoms with Crippen LogP contribution in [0.25, 0.3) is 6.08 Å². The fourth-order valence-corrected chi connectivity index (χ4v) is 3.63. The van der Waals surface area contributed by atoms with Crippen molar-refractivity contribution in [1.82, 2.24) is 4.90 Å². The van der Waals surface area contributed by atoms with E-state index in [2.05, 4.69) is 11.8 Å². The molecule has 5 nitrogen and oxygen atoms in total. The van der Waals surface area contributed by atoms with Gasteiger partial charge in [-0.2, -0.15) is 0 Å². The van der Waals surface area contributed by atoms with Crippen molar-refractivity contribution < 1.29 is 19.8 Å². The smallest absolute Gasteiger partial charge is 0.345 e. The van der Waals surface area contributed by atoms with Gasteiger partial charge in [0.2, 0.25) is 5.91 Å². The Labute approximate surface area is 164 Å². The summed E-state index contributed by atoms with van der Waals surface area (Å²) in [7, 11) is 0. The standard InChI is InChI=1S/C21H25NO4S/c1-3-4-6-15(2)18(23)11-8-16-9-13-20(24)22(16)14-5-7-17-10-12-19(27-17)21(25)26/h5,7-8,10-12,15-16,18,23H,6,9,13-14H2,1-2H3,(H,25,26)/b7-5-,11-8+/t15-,16-,18+/m0/s1. The van der Waals surface area contributed by atoms with E-state index < -0.39 is 12.1 Å². The average Bonchev–Trinajstić information content (AvgIpc) is 3.25. The maximum Gasteiger partial charge on any atom is 0.345 e. The van der Waals surface area contributed by atoms with Crippen LogP contribution in [0.15, 0.2) is 30.4 Å². The molecule has 144 valence electrons. The number of aliphatic hydroxyl groups excluding tert-OH is 1. The van der Waals surface area contributed by atoms with Gasteiger partial charge in [0.15, 0.2) is 0 Å². The van der Waals surface area contributed by atoms with Gasteiger partial charge in [-0.15, -0.1) is 23.2 Å². The van der Waals surface area contributed by atoms with Gasteiger partial charge in [0.25, 0.3) is 0 Å². The monoisotopic (exact) mass is 387 g/mol. The molecule has 1 aromatic heterocycles. The summed E-state index contributed by atoms with van der Waals surface area (Å²) in [6.45, 7) is 4.19. The Morgan fingerprint density at radius 1 is 1.48 bits per heavy atom. The number of carbonyl (C=O) groups is 2. The first kappa shape index (κ1) is 20.9. The maximum atomic E-state index is 12.1. The Kier molecular flexibility index (Phi) is 7.83. The summed E-state index contributed by atoms with van der Waals surface area (Å²) in [5, 5.41) is 19.2. The lowest BCUT2D eigenvalue weighted by molar-refractivity contribution is -0.127. The minimum Gasteiger partial charge on any atom is -0.477 e. The number of hydrogen-bond donors (Lipinski definition) is 2. The molecule has 3 atom stereocenters. The number of nitrogens with zero attached hydrogens (tertiary/aromatic N) is 1. The van der Waals surface area contributed by atoms with Crippen LogP contribution >= 0.6 is 11.3 Å². The van der Waals surface area contributed by atoms with Crippen molar-refractivity contribution in [2.24, 2.45) is 5.92 Å². The molecule has 0 aliphatic carbocycles. The van der Waals surface area contributed by atoms with Crippen LogP contribution in [-0.2, 0) is 4.79 Å². The molecule has 0 aromatic carbocycles. The molecule has 27 heavy (non-hydrogen) atoms. The van der Waals surface area contributed by atoms with Gasteiger partial charge >= 0.3 is 5.97 Å². The average molecular weight is 388 g/mol. The van der Waals surface area contributed by atoms with E-state index in [0.29, 0.717) is 24.3 Å². The van der Waals surface area contributed by atoms with Gasteiger partial charge in [-0.1, -0.05) is 25.2 Å². The Hall–Kier alpha value is -2.36. The van der Waals surface area contributed by atoms with Crippen LogP contribution in [0.2, 0.25) is 0 Å². The van der Waals surface area contributed by atoms with Crippen molar-refractivity contribution >= 4 is 29.3 Å². The van der Waals surface area contributed by atoms with E-state index in [1.165, 1.54) is 11.3 Å². The second-order valence-corrected chi connectivity index (χ2v) is 7.66. The van der Waals surface area contributed by atoms with Gasteiger partial charge in [-0.25, -0.2) is 4.79 Å². The van der Waals surface area contributed by atoms with Crippen LogP contribution in [0, 0.1) is 17.8 Å². The SMILES string of the molecule is CC#CC[C@H](C)[C@H](O)/C=C/[C@H]1CCC(=O)N1C/C=C\c1ccc(C(=O)O)s1. The molecule has 2 rings (SSSR count). The third-order valence-electron chi connectivity index (χ3n) is 4.51. The molecule has 1 saturated heterocycles. The minimum absolute atomic E-state index is 0.0285. The highest BCUT2D eigenvalue weighted by atomic mass is 32.1. The summed E-state index contributed by atoms with van der Waals surface area (Å²) >= 11 is 1.20. The summed E-state index contributed by atoms with van der Waals surface area (Å²) < 4.78 is 0. The van der Waals surface area contributed by atoms with Crippen molar-refractivity contribution in [1.29, 1.82) is 0 Å². The van der Waals surface area contributed by atoms with E-state index in [1.54, 1.807) is 30.0 Å². The van der Waals surface area contributed by atoms with E-state index in [4.69, 9.17) is 5.11 Å². The molecule has 1 aliphatic rings. The molecule has 1 fully saturated rings. The van der Waals surface area contributed by atoms with E-state index in [0.717, 1.165) is 11.3 Å². The van der Waals surface area contributed by atoms with Crippen LogP contribution in [0.3, 0.4) is 0 Å². The first-order valence-electron chi connectivity index (χ1n) is 8.97. The number of aliphatic hydroxyl groups is 1. The van der Waals surface area contributed by atoms with Crippen LogP contribution in [0.5, 0.6) is 0 Å². The van der Waals surface area contributed by atoms with Gasteiger partial charge in [-0.05, 0) is 37.5 Å². The van der Waals surface area contributed by atoms with Gasteiger partial charge < -0.3 is 15.1 Å². The van der Waals surface area contributed by atoms with E-state index in [-0.39, 0.29) is 17.9 Å². The Balaban J connectivity index is 1.94. The predicted molar refractivity (Wildman–Crippen MR) is 107 cm³/mol. The highest BCUT2D eigenvalue weighted by Crippen LogP contribution is 2.22. The van der Waals surface area contributed by atoms with Crippen LogP contribution in [-0.4, -0.2) is 45.7 Å². The second kappa shape index (κ2) is 10.1. The first-order valence-corrected chi connectivity index (χ1v) is 9.79. The molecule has 0 saturated carbocycles. The van der Waals surface area contributed by atoms with Crippen LogP contribution in [0.1, 0.15) is 47.7 Å². The quantitative estimate of drug-likeness (QED) is 0.529. The van der Waals surface area contributed by atoms with Crippen molar-refractivity contribution in [3.63, 3.8) is 0 Å². The highest BCUT2D eigenvalue weighted by molar-refractivity contribution is 7.14. The largest absolute Gasteiger partial charge is 0.477 e. The highest BCUT2D eigenvalue weighted by Gasteiger charge is 2.28. The van der Waals surface area contributed by atoms with Crippen molar-refractivity contribution in [2.75, 3.05) is 6.54 Å². The molecule has 1 aromatic rings. The molecule has 0 bridgehead atoms. The lowest BCUT2D eigenvalue weighted by Gasteiger charge is -2.21. The fraction of sp³-hybridized carbons (Fsp3) is 0.429. The Morgan fingerprint density at radius 2 is 2.26 bits per heavy atom. The second-order valence-electron chi connectivity index (χ2n) is 6.55. The molecule has 1 amide bonds. The topological polar surface area (TPSA) is 77.8 Å². The molecular formula is C21H25NO4S. The third-order valence-corrected chi connectivity index (χ3v) is 5.55. The van der Waals surface area contributed by atoms with Crippen molar-refractivity contribution in [3.8, 4) is 11.8 Å². The summed E-state index contributed by atoms with van der Waals surface area (Å²) in [6.07, 6.45) is 8.67. The summed E-state index contributed by atoms with van der Waals surface area (Å²) in [4.78, 5) is 26.0. The maximum absolute atomic E-state index is 12.1. The molecule has 2 heterocycles. The number of rotatable bonds is 8. The molecule has 6 heteroatoms. The molecule has 0 unspecified atom stereocenters. The molecule has 1 aliphatic heterocycles. The number of amides is 1. The Morgan fingerprint density at radius 3 is 2.93 bits per heavy atom. The Bertz CT molecular complexity index is 784. The summed E-state index contributed by atoms with van der Waals surface area (Å²) in [5.41, 5.74) is 0.